The molecule has 3 rings (SSSR count). The molecule has 0 radical (unpaired) electrons. The van der Waals surface area contributed by atoms with E-state index in [1.165, 1.54) is 4.88 Å². The fourth-order valence-electron chi connectivity index (χ4n) is 3.06. The molecule has 1 heterocycles. The summed E-state index contributed by atoms with van der Waals surface area (Å²) in [5.74, 6) is 0.394. The van der Waals surface area contributed by atoms with Gasteiger partial charge >= 0.3 is 0 Å². The van der Waals surface area contributed by atoms with E-state index in [-0.39, 0.29) is 5.91 Å². The molecular weight excluding hydrogens is 436 g/mol. The summed E-state index contributed by atoms with van der Waals surface area (Å²) in [5.41, 5.74) is 2.82. The summed E-state index contributed by atoms with van der Waals surface area (Å²) in [4.78, 5) is 19.2. The number of thiazole rings is 1. The zero-order valence-corrected chi connectivity index (χ0v) is 18.6. The summed E-state index contributed by atoms with van der Waals surface area (Å²) in [6.45, 7) is 5.00. The molecule has 146 valence electrons. The summed E-state index contributed by atoms with van der Waals surface area (Å²) in [6, 6.07) is 15.4. The minimum Gasteiger partial charge on any atom is -0.497 e. The van der Waals surface area contributed by atoms with Gasteiger partial charge in [-0.25, -0.2) is 0 Å². The van der Waals surface area contributed by atoms with Crippen LogP contribution in [-0.4, -0.2) is 17.6 Å². The Morgan fingerprint density at radius 3 is 2.57 bits per heavy atom. The second-order valence-electron chi connectivity index (χ2n) is 6.31. The standard InChI is InChI=1S/C22H23BrN2O2S/c1-4-7-19-20(15-10-12-17(23)13-11-15)25(5-2)22(28-19)24-21(26)16-8-6-9-18(14-16)27-3/h6,8-14H,4-5,7H2,1-3H3. The van der Waals surface area contributed by atoms with Crippen molar-refractivity contribution in [2.45, 2.75) is 33.2 Å². The average Bonchev–Trinajstić information content (AvgIpc) is 3.05. The molecule has 0 unspecified atom stereocenters. The van der Waals surface area contributed by atoms with Gasteiger partial charge in [-0.1, -0.05) is 47.5 Å². The first-order valence-corrected chi connectivity index (χ1v) is 10.9. The molecule has 0 fully saturated rings. The maximum atomic E-state index is 12.8. The predicted octanol–water partition coefficient (Wildman–Crippen LogP) is 5.70. The van der Waals surface area contributed by atoms with Gasteiger partial charge in [-0.2, -0.15) is 4.99 Å². The highest BCUT2D eigenvalue weighted by atomic mass is 79.9. The molecule has 0 bridgehead atoms. The van der Waals surface area contributed by atoms with Crippen LogP contribution in [0.5, 0.6) is 5.75 Å². The zero-order valence-electron chi connectivity index (χ0n) is 16.2. The van der Waals surface area contributed by atoms with E-state index in [1.54, 1.807) is 36.6 Å². The number of benzene rings is 2. The van der Waals surface area contributed by atoms with E-state index in [9.17, 15) is 4.79 Å². The molecule has 2 aromatic carbocycles. The van der Waals surface area contributed by atoms with Crippen molar-refractivity contribution in [3.05, 3.63) is 68.2 Å². The molecule has 3 aromatic rings. The lowest BCUT2D eigenvalue weighted by Crippen LogP contribution is -2.17. The van der Waals surface area contributed by atoms with Crippen LogP contribution in [0.25, 0.3) is 11.3 Å². The molecule has 6 heteroatoms. The number of aromatic nitrogens is 1. The van der Waals surface area contributed by atoms with Gasteiger partial charge in [0.05, 0.1) is 12.8 Å². The molecule has 0 aliphatic heterocycles. The second kappa shape index (κ2) is 9.34. The third kappa shape index (κ3) is 4.45. The number of carbonyl (C=O) groups is 1. The second-order valence-corrected chi connectivity index (χ2v) is 8.28. The maximum absolute atomic E-state index is 12.8. The van der Waals surface area contributed by atoms with Crippen LogP contribution in [0.4, 0.5) is 0 Å². The van der Waals surface area contributed by atoms with Crippen molar-refractivity contribution in [3.8, 4) is 17.0 Å². The van der Waals surface area contributed by atoms with Gasteiger partial charge in [0.2, 0.25) is 0 Å². The van der Waals surface area contributed by atoms with E-state index in [0.29, 0.717) is 11.3 Å². The summed E-state index contributed by atoms with van der Waals surface area (Å²) in [7, 11) is 1.59. The largest absolute Gasteiger partial charge is 0.497 e. The number of rotatable bonds is 6. The summed E-state index contributed by atoms with van der Waals surface area (Å²) in [5, 5.41) is 0. The molecule has 4 nitrogen and oxygen atoms in total. The molecule has 28 heavy (non-hydrogen) atoms. The Bertz CT molecular complexity index is 1040. The van der Waals surface area contributed by atoms with Crippen LogP contribution in [0.1, 0.15) is 35.5 Å². The van der Waals surface area contributed by atoms with E-state index < -0.39 is 0 Å². The van der Waals surface area contributed by atoms with Gasteiger partial charge in [-0.15, -0.1) is 11.3 Å². The van der Waals surface area contributed by atoms with Gasteiger partial charge in [-0.3, -0.25) is 4.79 Å². The van der Waals surface area contributed by atoms with E-state index in [0.717, 1.165) is 39.9 Å². The lowest BCUT2D eigenvalue weighted by atomic mass is 10.1. The number of hydrogen-bond acceptors (Lipinski definition) is 3. The monoisotopic (exact) mass is 458 g/mol. The molecule has 0 aliphatic carbocycles. The zero-order chi connectivity index (χ0) is 20.1. The molecule has 1 aromatic heterocycles. The van der Waals surface area contributed by atoms with Crippen LogP contribution in [0, 0.1) is 0 Å². The Labute approximate surface area is 177 Å². The quantitative estimate of drug-likeness (QED) is 0.475. The van der Waals surface area contributed by atoms with Crippen LogP contribution >= 0.6 is 27.3 Å². The maximum Gasteiger partial charge on any atom is 0.279 e. The fourth-order valence-corrected chi connectivity index (χ4v) is 4.64. The molecule has 0 saturated carbocycles. The van der Waals surface area contributed by atoms with Gasteiger partial charge in [0.1, 0.15) is 5.75 Å². The first kappa shape index (κ1) is 20.6. The van der Waals surface area contributed by atoms with Crippen molar-refractivity contribution in [1.82, 2.24) is 4.57 Å². The molecule has 0 N–H and O–H groups in total. The molecular formula is C22H23BrN2O2S. The normalized spacial score (nSPS) is 11.6. The van der Waals surface area contributed by atoms with Crippen molar-refractivity contribution < 1.29 is 9.53 Å². The van der Waals surface area contributed by atoms with Crippen LogP contribution in [0.2, 0.25) is 0 Å². The van der Waals surface area contributed by atoms with Gasteiger partial charge in [0, 0.05) is 21.5 Å². The van der Waals surface area contributed by atoms with Gasteiger partial charge in [-0.05, 0) is 49.2 Å². The lowest BCUT2D eigenvalue weighted by Gasteiger charge is -2.09. The number of aryl methyl sites for hydroxylation is 1. The van der Waals surface area contributed by atoms with Crippen LogP contribution in [-0.2, 0) is 13.0 Å². The Balaban J connectivity index is 2.12. The van der Waals surface area contributed by atoms with Crippen molar-refractivity contribution in [2.75, 3.05) is 7.11 Å². The number of ether oxygens (including phenoxy) is 1. The SMILES string of the molecule is CCCc1sc(=NC(=O)c2cccc(OC)c2)n(CC)c1-c1ccc(Br)cc1. The van der Waals surface area contributed by atoms with Crippen LogP contribution in [0.15, 0.2) is 58.0 Å². The molecule has 0 aliphatic rings. The Morgan fingerprint density at radius 2 is 1.93 bits per heavy atom. The molecule has 1 amide bonds. The minimum atomic E-state index is -0.257. The third-order valence-electron chi connectivity index (χ3n) is 4.40. The first-order valence-electron chi connectivity index (χ1n) is 9.28. The number of halogens is 1. The number of amides is 1. The third-order valence-corrected chi connectivity index (χ3v) is 6.07. The average molecular weight is 459 g/mol. The highest BCUT2D eigenvalue weighted by Gasteiger charge is 2.15. The highest BCUT2D eigenvalue weighted by molar-refractivity contribution is 9.10. The van der Waals surface area contributed by atoms with E-state index in [4.69, 9.17) is 4.74 Å². The molecule has 0 atom stereocenters. The van der Waals surface area contributed by atoms with Gasteiger partial charge in [0.25, 0.3) is 5.91 Å². The molecule has 0 saturated heterocycles. The Morgan fingerprint density at radius 1 is 1.18 bits per heavy atom. The smallest absolute Gasteiger partial charge is 0.279 e. The van der Waals surface area contributed by atoms with Crippen molar-refractivity contribution in [3.63, 3.8) is 0 Å². The summed E-state index contributed by atoms with van der Waals surface area (Å²) in [6.07, 6.45) is 2.00. The number of hydrogen-bond donors (Lipinski definition) is 0. The Kier molecular flexibility index (Phi) is 6.86. The van der Waals surface area contributed by atoms with Crippen molar-refractivity contribution in [1.29, 1.82) is 0 Å². The first-order chi connectivity index (χ1) is 13.6. The van der Waals surface area contributed by atoms with Crippen LogP contribution in [0.3, 0.4) is 0 Å². The highest BCUT2D eigenvalue weighted by Crippen LogP contribution is 2.28. The summed E-state index contributed by atoms with van der Waals surface area (Å²) >= 11 is 5.10. The minimum absolute atomic E-state index is 0.257. The van der Waals surface area contributed by atoms with Crippen molar-refractivity contribution in [2.24, 2.45) is 4.99 Å². The van der Waals surface area contributed by atoms with Gasteiger partial charge in [0.15, 0.2) is 4.80 Å². The van der Waals surface area contributed by atoms with Crippen molar-refractivity contribution >= 4 is 33.2 Å². The predicted molar refractivity (Wildman–Crippen MR) is 118 cm³/mol. The Hall–Kier alpha value is -2.18. The van der Waals surface area contributed by atoms with E-state index >= 15 is 0 Å². The van der Waals surface area contributed by atoms with Gasteiger partial charge < -0.3 is 9.30 Å². The van der Waals surface area contributed by atoms with Crippen LogP contribution < -0.4 is 9.54 Å². The number of methoxy groups -OCH3 is 1. The summed E-state index contributed by atoms with van der Waals surface area (Å²) < 4.78 is 8.40. The topological polar surface area (TPSA) is 43.6 Å². The number of nitrogens with zero attached hydrogens (tertiary/aromatic N) is 2. The fraction of sp³-hybridized carbons (Fsp3) is 0.273. The lowest BCUT2D eigenvalue weighted by molar-refractivity contribution is 0.0997. The molecule has 0 spiro atoms. The number of carbonyl (C=O) groups excluding carboxylic acids is 1. The van der Waals surface area contributed by atoms with E-state index in [2.05, 4.69) is 51.5 Å². The van der Waals surface area contributed by atoms with E-state index in [1.807, 2.05) is 18.2 Å².